The molecule has 56 heteroatoms. The molecule has 0 spiro atoms. The van der Waals surface area contributed by atoms with Gasteiger partial charge in [0, 0.05) is 67.4 Å². The number of nitrogen functional groups attached to an aromatic ring is 3. The van der Waals surface area contributed by atoms with Gasteiger partial charge in [0.15, 0.2) is 22.6 Å². The number of imidazole rings is 2. The van der Waals surface area contributed by atoms with Gasteiger partial charge in [-0.1, -0.05) is 66.8 Å². The number of H-pyrrole nitrogens is 3. The molecule has 700 valence electrons. The molecule has 0 bridgehead atoms. The Kier molecular flexibility index (Phi) is 29.5. The molecule has 7 aromatic heterocycles. The SMILES string of the molecule is COc1ccc(C(OC[C@H]2O[C@@H](n3cc(C)c(=O)[nH]c3=O)C[C@@H]2OP(O)(=S)OC[C@H]2O[C@@H](n3cnc4c(N)ncnc43)C[C@@H]2OP(=O)(S)OC[C@H]2O[C@@H](n3cnc4c(=O)[nH]c(N)nc43)C[C@@H]2OP(O)(=S)OC[C@H]2O[C@@H](n3cc(C)c(=O)[nH]c3=O)C[C@@H]2OP(O)(=S)OC[C@H]2O[C@@H](n3cc(C)c(N)nc3=O)C[C@@H]2OP(O)(=S)OC(C)C)(c2ccccc2)c2ccc(OC)cc2)cc1. The molecule has 12 heterocycles. The molecule has 10 aromatic rings. The van der Waals surface area contributed by atoms with Crippen LogP contribution in [0.4, 0.5) is 17.6 Å². The molecule has 20 atom stereocenters. The molecule has 46 nitrogen and oxygen atoms in total. The summed E-state index contributed by atoms with van der Waals surface area (Å²) in [5, 5.41) is 0. The number of methoxy groups -OCH3 is 2. The zero-order valence-corrected chi connectivity index (χ0v) is 78.4. The summed E-state index contributed by atoms with van der Waals surface area (Å²) < 4.78 is 133. The molecule has 0 aliphatic carbocycles. The molecule has 5 fully saturated rings. The Morgan fingerprint density at radius 3 is 1.34 bits per heavy atom. The third-order valence-corrected chi connectivity index (χ3v) is 29.8. The van der Waals surface area contributed by atoms with Gasteiger partial charge in [-0.05, 0) is 123 Å². The molecule has 5 aliphatic rings. The lowest BCUT2D eigenvalue weighted by Gasteiger charge is -2.37. The Balaban J connectivity index is 0.672. The maximum absolute atomic E-state index is 15.2. The third kappa shape index (κ3) is 22.1. The summed E-state index contributed by atoms with van der Waals surface area (Å²) >= 11 is 26.9. The Bertz CT molecular complexity index is 6430. The summed E-state index contributed by atoms with van der Waals surface area (Å²) in [4.78, 5) is 159. The minimum Gasteiger partial charge on any atom is -0.497 e. The molecule has 0 saturated carbocycles. The Morgan fingerprint density at radius 2 is 0.877 bits per heavy atom. The van der Waals surface area contributed by atoms with Gasteiger partial charge >= 0.3 is 50.7 Å². The van der Waals surface area contributed by atoms with Crippen LogP contribution in [0.2, 0.25) is 0 Å². The van der Waals surface area contributed by atoms with E-state index in [0.717, 1.165) is 9.13 Å². The fraction of sp³-hybridized carbons (Fsp3) is 0.459. The van der Waals surface area contributed by atoms with Crippen LogP contribution in [-0.2, 0) is 131 Å². The van der Waals surface area contributed by atoms with Crippen LogP contribution in [0.15, 0.2) is 145 Å². The third-order valence-electron chi connectivity index (χ3n) is 21.7. The van der Waals surface area contributed by atoms with Crippen LogP contribution in [0.1, 0.15) is 110 Å². The van der Waals surface area contributed by atoms with Crippen LogP contribution in [0, 0.1) is 20.8 Å². The average molecular weight is 2000 g/mol. The van der Waals surface area contributed by atoms with E-state index in [1.54, 1.807) is 45.0 Å². The van der Waals surface area contributed by atoms with Crippen LogP contribution >= 0.6 is 45.9 Å². The molecule has 13 N–H and O–H groups in total. The van der Waals surface area contributed by atoms with Crippen LogP contribution in [0.25, 0.3) is 22.3 Å². The molecule has 15 rings (SSSR count). The molecule has 3 aromatic carbocycles. The van der Waals surface area contributed by atoms with E-state index < -0.39 is 198 Å². The zero-order chi connectivity index (χ0) is 92.8. The number of hydrogen-bond acceptors (Lipinski definition) is 38. The van der Waals surface area contributed by atoms with Crippen molar-refractivity contribution >= 4 is 133 Å². The predicted molar refractivity (Wildman–Crippen MR) is 480 cm³/mol. The highest BCUT2D eigenvalue weighted by Gasteiger charge is 2.51. The van der Waals surface area contributed by atoms with Gasteiger partial charge in [0.1, 0.15) is 103 Å². The fourth-order valence-electron chi connectivity index (χ4n) is 15.5. The van der Waals surface area contributed by atoms with Crippen molar-refractivity contribution in [3.8, 4) is 11.5 Å². The number of nitrogens with zero attached hydrogens (tertiary/aromatic N) is 11. The van der Waals surface area contributed by atoms with Crippen LogP contribution < -0.4 is 60.4 Å². The number of aromatic nitrogens is 14. The molecule has 0 amide bonds. The number of aryl methyl sites for hydroxylation is 3. The second-order valence-corrected chi connectivity index (χ2v) is 44.8. The normalized spacial score (nSPS) is 26.0. The van der Waals surface area contributed by atoms with E-state index in [1.165, 1.54) is 79.3 Å². The standard InChI is InChI=1S/C74H90N17O29P5S5/c1-37(2)115-125(102,130)120-50-23-56(87-26-38(3)63(75)82-71(87)95)112-55(50)33-109-122(99,127)117-47-22-58(89-28-40(5)68(93)86-73(89)97)111-52(47)30-106-123(100,128)119-49-25-60(91-36-81-62-66(91)83-70(77)84-69(62)94)114-54(49)32-108-124(101,129)118-48-24-59(90-35-80-61-64(76)78-34-79-65(61)90)113-53(48)31-107-121(98,126)116-46-21-57(88-27-39(4)67(92)85-72(88)96)110-51(46)29-105-74(41-11-9-8-10-12-41,42-13-17-44(103-6)18-14-42)43-15-19-45(104-7)20-16-43/h8-20,26-28,34-37,46-60H,21-25,29-33H2,1-7H3,(H,98,126)(H,99,127)(H,100,128)(H,101,129)(H,102,130)(H2,75,82,95)(H2,76,78,79)(H,85,92,96)(H,86,93,97)(H3,77,83,84,94)/t46-,47-,48-,49-,50-,51+,52+,53+,54+,55+,56+,57+,58+,59+,60+,121?,122?,123?,124?,125?/m0/s1. The maximum Gasteiger partial charge on any atom is 0.386 e. The molecular weight excluding hydrogens is 1910 g/mol. The number of hydrogen-bond donors (Lipinski definition) is 11. The van der Waals surface area contributed by atoms with Crippen molar-refractivity contribution in [2.45, 2.75) is 171 Å². The van der Waals surface area contributed by atoms with Gasteiger partial charge in [-0.25, -0.2) is 38.9 Å². The second-order valence-electron chi connectivity index (χ2n) is 30.9. The molecular formula is C74H90N17O29P5S5. The average Bonchev–Trinajstić information content (AvgIpc) is 1.01. The lowest BCUT2D eigenvalue weighted by Crippen LogP contribution is -2.38. The van der Waals surface area contributed by atoms with Gasteiger partial charge in [-0.2, -0.15) is 9.97 Å². The number of nitrogens with two attached hydrogens (primary N) is 3. The van der Waals surface area contributed by atoms with Crippen molar-refractivity contribution in [2.75, 3.05) is 64.5 Å². The lowest BCUT2D eigenvalue weighted by molar-refractivity contribution is -0.0935. The van der Waals surface area contributed by atoms with Crippen LogP contribution in [0.5, 0.6) is 11.5 Å². The molecule has 130 heavy (non-hydrogen) atoms. The van der Waals surface area contributed by atoms with E-state index >= 15 is 4.57 Å². The Hall–Kier alpha value is -7.82. The van der Waals surface area contributed by atoms with Crippen molar-refractivity contribution in [1.82, 2.24) is 67.7 Å². The first-order valence-electron chi connectivity index (χ1n) is 39.9. The van der Waals surface area contributed by atoms with Crippen molar-refractivity contribution in [3.63, 3.8) is 0 Å². The van der Waals surface area contributed by atoms with Crippen molar-refractivity contribution in [3.05, 3.63) is 212 Å². The van der Waals surface area contributed by atoms with Gasteiger partial charge in [0.2, 0.25) is 5.95 Å². The lowest BCUT2D eigenvalue weighted by atomic mass is 9.80. The highest BCUT2D eigenvalue weighted by atomic mass is 32.7. The number of ether oxygens (including phenoxy) is 8. The Labute approximate surface area is 762 Å². The van der Waals surface area contributed by atoms with Gasteiger partial charge in [-0.15, -0.1) is 0 Å². The van der Waals surface area contributed by atoms with E-state index in [2.05, 4.69) is 57.1 Å². The number of rotatable bonds is 37. The van der Waals surface area contributed by atoms with Crippen LogP contribution in [-0.4, -0.2) is 202 Å². The highest BCUT2D eigenvalue weighted by Crippen LogP contribution is 2.60. The van der Waals surface area contributed by atoms with E-state index in [9.17, 15) is 48.3 Å². The van der Waals surface area contributed by atoms with Crippen LogP contribution in [0.3, 0.4) is 0 Å². The second kappa shape index (κ2) is 39.6. The minimum atomic E-state index is -4.80. The smallest absolute Gasteiger partial charge is 0.386 e. The van der Waals surface area contributed by atoms with E-state index in [-0.39, 0.29) is 89.7 Å². The van der Waals surface area contributed by atoms with Crippen molar-refractivity contribution in [2.24, 2.45) is 0 Å². The fourth-order valence-corrected chi connectivity index (χ4v) is 23.4. The number of fused-ring (bicyclic) bond motifs is 2. The van der Waals surface area contributed by atoms with E-state index in [0.29, 0.717) is 33.8 Å². The molecule has 5 saturated heterocycles. The van der Waals surface area contributed by atoms with Crippen molar-refractivity contribution < 1.29 is 107 Å². The quantitative estimate of drug-likeness (QED) is 0.0125. The predicted octanol–water partition coefficient (Wildman–Crippen LogP) is 5.77. The summed E-state index contributed by atoms with van der Waals surface area (Å²) in [6.07, 6.45) is -13.2. The summed E-state index contributed by atoms with van der Waals surface area (Å²) in [6, 6.07) is 23.8. The summed E-state index contributed by atoms with van der Waals surface area (Å²) in [6.45, 7) is -18.0. The first-order chi connectivity index (χ1) is 61.6. The first-order valence-corrected chi connectivity index (χ1v) is 52.9. The largest absolute Gasteiger partial charge is 0.497 e. The number of nitrogens with one attached hydrogen (secondary N) is 3. The minimum absolute atomic E-state index is 0.0228. The number of anilines is 3. The molecule has 5 unspecified atom stereocenters. The number of aromatic amines is 3. The zero-order valence-electron chi connectivity index (χ0n) is 69.7. The van der Waals surface area contributed by atoms with E-state index in [4.69, 9.17) is 148 Å². The molecule has 5 aliphatic heterocycles. The highest BCUT2D eigenvalue weighted by molar-refractivity contribution is 8.44. The summed E-state index contributed by atoms with van der Waals surface area (Å²) in [5.41, 5.74) is 15.0. The summed E-state index contributed by atoms with van der Waals surface area (Å²) in [7, 11) is 3.08. The van der Waals surface area contributed by atoms with Crippen molar-refractivity contribution in [1.29, 1.82) is 0 Å². The van der Waals surface area contributed by atoms with Gasteiger partial charge in [0.25, 0.3) is 16.7 Å². The number of thiol groups is 1. The molecule has 0 radical (unpaired) electrons. The Morgan fingerprint density at radius 1 is 0.477 bits per heavy atom. The monoisotopic (exact) mass is 2000 g/mol. The van der Waals surface area contributed by atoms with Gasteiger partial charge < -0.3 is 111 Å². The van der Waals surface area contributed by atoms with Gasteiger partial charge in [-0.3, -0.25) is 61.2 Å². The van der Waals surface area contributed by atoms with E-state index in [1.807, 2.05) is 54.6 Å². The number of benzene rings is 3. The first kappa shape index (κ1) is 96.7. The topological polar surface area (TPSA) is 594 Å². The summed E-state index contributed by atoms with van der Waals surface area (Å²) in [5.74, 6) is 0.811. The maximum atomic E-state index is 15.2. The van der Waals surface area contributed by atoms with Gasteiger partial charge in [0.05, 0.1) is 90.4 Å².